The molecule has 1 aliphatic carbocycles. The zero-order valence-corrected chi connectivity index (χ0v) is 26.8. The van der Waals surface area contributed by atoms with Crippen molar-refractivity contribution in [3.8, 4) is 17.2 Å². The molecule has 4 atom stereocenters. The number of hydrazine groups is 1. The Morgan fingerprint density at radius 1 is 0.837 bits per heavy atom. The Labute approximate surface area is 280 Å². The number of nitrogens with one attached hydrogen (secondary N) is 1. The van der Waals surface area contributed by atoms with Crippen LogP contribution in [0.3, 0.4) is 0 Å². The largest absolute Gasteiger partial charge is 0.508 e. The molecule has 5 aromatic rings. The molecule has 8 rings (SSSR count). The summed E-state index contributed by atoms with van der Waals surface area (Å²) in [5, 5.41) is 12.7. The van der Waals surface area contributed by atoms with Gasteiger partial charge in [0.15, 0.2) is 0 Å². The molecule has 0 bridgehead atoms. The SMILES string of the molecule is COc1cccc(O)c1[C@H]1C2=CCn3c(=O)n(-c4ccccc4)c(=O)n3[C@@H]2C[C@H]2C(=O)N(Nc3ccc(C)cc3)C(=O)[C@@]12c1ccccc1. The number of nitrogens with zero attached hydrogens (tertiary/aromatic N) is 4. The van der Waals surface area contributed by atoms with Gasteiger partial charge in [-0.05, 0) is 60.9 Å². The molecular formula is C38H33N5O6. The summed E-state index contributed by atoms with van der Waals surface area (Å²) >= 11 is 0. The number of rotatable bonds is 6. The van der Waals surface area contributed by atoms with Crippen LogP contribution in [0.15, 0.2) is 124 Å². The summed E-state index contributed by atoms with van der Waals surface area (Å²) in [7, 11) is 1.48. The first-order chi connectivity index (χ1) is 23.8. The zero-order valence-electron chi connectivity index (χ0n) is 26.8. The van der Waals surface area contributed by atoms with E-state index in [1.54, 1.807) is 54.6 Å². The lowest BCUT2D eigenvalue weighted by Crippen LogP contribution is -2.53. The van der Waals surface area contributed by atoms with Gasteiger partial charge in [-0.2, -0.15) is 5.01 Å². The minimum Gasteiger partial charge on any atom is -0.508 e. The maximum Gasteiger partial charge on any atom is 0.352 e. The Morgan fingerprint density at radius 3 is 2.22 bits per heavy atom. The third-order valence-corrected chi connectivity index (χ3v) is 10.2. The minimum absolute atomic E-state index is 0.0369. The van der Waals surface area contributed by atoms with E-state index in [0.29, 0.717) is 33.8 Å². The molecular weight excluding hydrogens is 622 g/mol. The minimum atomic E-state index is -1.56. The van der Waals surface area contributed by atoms with Crippen LogP contribution < -0.4 is 21.5 Å². The highest BCUT2D eigenvalue weighted by molar-refractivity contribution is 6.12. The van der Waals surface area contributed by atoms with Gasteiger partial charge < -0.3 is 9.84 Å². The van der Waals surface area contributed by atoms with E-state index < -0.39 is 46.5 Å². The van der Waals surface area contributed by atoms with E-state index in [-0.39, 0.29) is 18.7 Å². The molecule has 3 heterocycles. The first-order valence-electron chi connectivity index (χ1n) is 16.1. The number of fused-ring (bicyclic) bond motifs is 4. The van der Waals surface area contributed by atoms with Gasteiger partial charge in [0.1, 0.15) is 11.5 Å². The number of carbonyl (C=O) groups is 2. The number of benzene rings is 4. The molecule has 4 aromatic carbocycles. The molecule has 11 nitrogen and oxygen atoms in total. The first-order valence-corrected chi connectivity index (χ1v) is 16.1. The van der Waals surface area contributed by atoms with Crippen molar-refractivity contribution < 1.29 is 19.4 Å². The predicted octanol–water partition coefficient (Wildman–Crippen LogP) is 4.44. The summed E-state index contributed by atoms with van der Waals surface area (Å²) in [4.78, 5) is 58.1. The van der Waals surface area contributed by atoms with Gasteiger partial charge in [-0.1, -0.05) is 78.4 Å². The quantitative estimate of drug-likeness (QED) is 0.205. The number of carbonyl (C=O) groups excluding carboxylic acids is 2. The van der Waals surface area contributed by atoms with Gasteiger partial charge in [-0.3, -0.25) is 15.0 Å². The van der Waals surface area contributed by atoms with Gasteiger partial charge in [-0.25, -0.2) is 23.5 Å². The number of hydrogen-bond acceptors (Lipinski definition) is 7. The lowest BCUT2D eigenvalue weighted by molar-refractivity contribution is -0.138. The van der Waals surface area contributed by atoms with E-state index in [1.807, 2.05) is 55.5 Å². The second kappa shape index (κ2) is 11.3. The summed E-state index contributed by atoms with van der Waals surface area (Å²) < 4.78 is 9.73. The summed E-state index contributed by atoms with van der Waals surface area (Å²) in [5.74, 6) is -2.76. The summed E-state index contributed by atoms with van der Waals surface area (Å²) in [6, 6.07) is 29.2. The van der Waals surface area contributed by atoms with Gasteiger partial charge in [0, 0.05) is 11.5 Å². The lowest BCUT2D eigenvalue weighted by Gasteiger charge is -2.49. The Hall–Kier alpha value is -6.10. The standard InChI is InChI=1S/C38H33N5O6/c1-23-16-18-25(19-17-23)39-42-34(45)28-22-29-27(20-21-40-36(47)41(37(48)43(29)40)26-12-7-4-8-13-26)33(32-30(44)14-9-15-31(32)49-2)38(28,35(42)46)24-10-5-3-6-11-24/h3-20,28-29,33,39,44H,21-22H2,1-2H3/t28-,29+,33+,38+/m0/s1. The van der Waals surface area contributed by atoms with E-state index >= 15 is 4.79 Å². The molecule has 11 heteroatoms. The number of phenols is 1. The van der Waals surface area contributed by atoms with Crippen LogP contribution in [0, 0.1) is 12.8 Å². The highest BCUT2D eigenvalue weighted by atomic mass is 16.5. The molecule has 2 N–H and O–H groups in total. The second-order valence-corrected chi connectivity index (χ2v) is 12.7. The van der Waals surface area contributed by atoms with Crippen LogP contribution in [0.2, 0.25) is 0 Å². The number of hydrogen-bond donors (Lipinski definition) is 2. The molecule has 0 spiro atoms. The fraction of sp³-hybridized carbons (Fsp3) is 0.211. The number of aromatic nitrogens is 3. The van der Waals surface area contributed by atoms with E-state index in [9.17, 15) is 19.5 Å². The smallest absolute Gasteiger partial charge is 0.352 e. The third-order valence-electron chi connectivity index (χ3n) is 10.2. The summed E-state index contributed by atoms with van der Waals surface area (Å²) in [6.45, 7) is 1.98. The van der Waals surface area contributed by atoms with Crippen molar-refractivity contribution in [2.75, 3.05) is 12.5 Å². The van der Waals surface area contributed by atoms with Crippen molar-refractivity contribution in [2.45, 2.75) is 37.3 Å². The van der Waals surface area contributed by atoms with Crippen LogP contribution in [-0.4, -0.2) is 43.0 Å². The number of ether oxygens (including phenoxy) is 1. The van der Waals surface area contributed by atoms with Crippen LogP contribution >= 0.6 is 0 Å². The molecule has 0 unspecified atom stereocenters. The average Bonchev–Trinajstić information content (AvgIpc) is 3.50. The van der Waals surface area contributed by atoms with Crippen LogP contribution in [0.25, 0.3) is 5.69 Å². The normalized spacial score (nSPS) is 22.6. The third kappa shape index (κ3) is 4.28. The molecule has 49 heavy (non-hydrogen) atoms. The van der Waals surface area contributed by atoms with Crippen molar-refractivity contribution in [3.05, 3.63) is 152 Å². The van der Waals surface area contributed by atoms with Crippen molar-refractivity contribution in [1.29, 1.82) is 0 Å². The van der Waals surface area contributed by atoms with E-state index in [1.165, 1.54) is 22.5 Å². The summed E-state index contributed by atoms with van der Waals surface area (Å²) in [6.07, 6.45) is 1.90. The molecule has 2 aliphatic heterocycles. The Balaban J connectivity index is 1.40. The number of para-hydroxylation sites is 1. The molecule has 2 amide bonds. The predicted molar refractivity (Wildman–Crippen MR) is 182 cm³/mol. The molecule has 1 saturated heterocycles. The highest BCUT2D eigenvalue weighted by Gasteiger charge is 2.69. The maximum atomic E-state index is 15.2. The van der Waals surface area contributed by atoms with Crippen molar-refractivity contribution in [2.24, 2.45) is 5.92 Å². The highest BCUT2D eigenvalue weighted by Crippen LogP contribution is 2.63. The average molecular weight is 656 g/mol. The molecule has 2 fully saturated rings. The fourth-order valence-electron chi connectivity index (χ4n) is 8.12. The molecule has 246 valence electrons. The maximum absolute atomic E-state index is 15.2. The number of amides is 2. The van der Waals surface area contributed by atoms with Crippen molar-refractivity contribution >= 4 is 17.5 Å². The Morgan fingerprint density at radius 2 is 1.53 bits per heavy atom. The fourth-order valence-corrected chi connectivity index (χ4v) is 8.12. The van der Waals surface area contributed by atoms with Gasteiger partial charge in [0.05, 0.1) is 42.4 Å². The van der Waals surface area contributed by atoms with Gasteiger partial charge >= 0.3 is 11.4 Å². The van der Waals surface area contributed by atoms with E-state index in [0.717, 1.165) is 15.1 Å². The van der Waals surface area contributed by atoms with Crippen LogP contribution in [0.5, 0.6) is 11.5 Å². The molecule has 1 saturated carbocycles. The van der Waals surface area contributed by atoms with E-state index in [2.05, 4.69) is 5.43 Å². The monoisotopic (exact) mass is 655 g/mol. The zero-order chi connectivity index (χ0) is 34.0. The van der Waals surface area contributed by atoms with Crippen molar-refractivity contribution in [1.82, 2.24) is 18.9 Å². The van der Waals surface area contributed by atoms with Gasteiger partial charge in [0.25, 0.3) is 11.8 Å². The second-order valence-electron chi connectivity index (χ2n) is 12.7. The molecule has 1 aromatic heterocycles. The number of imide groups is 1. The van der Waals surface area contributed by atoms with Gasteiger partial charge in [-0.15, -0.1) is 0 Å². The number of methoxy groups -OCH3 is 1. The van der Waals surface area contributed by atoms with Crippen LogP contribution in [0.4, 0.5) is 5.69 Å². The van der Waals surface area contributed by atoms with Crippen molar-refractivity contribution in [3.63, 3.8) is 0 Å². The van der Waals surface area contributed by atoms with E-state index in [4.69, 9.17) is 4.74 Å². The summed E-state index contributed by atoms with van der Waals surface area (Å²) in [5.41, 5.74) is 3.95. The lowest BCUT2D eigenvalue weighted by atomic mass is 9.53. The Bertz CT molecular complexity index is 2270. The number of phenolic OH excluding ortho intramolecular Hbond substituents is 1. The topological polar surface area (TPSA) is 128 Å². The van der Waals surface area contributed by atoms with Gasteiger partial charge in [0.2, 0.25) is 0 Å². The Kier molecular flexibility index (Phi) is 6.95. The number of allylic oxidation sites excluding steroid dienone is 2. The number of aromatic hydroxyl groups is 1. The molecule has 3 aliphatic rings. The number of aryl methyl sites for hydroxylation is 1. The first kappa shape index (κ1) is 30.2. The number of anilines is 1. The van der Waals surface area contributed by atoms with Crippen LogP contribution in [0.1, 0.15) is 35.1 Å². The molecule has 0 radical (unpaired) electrons. The van der Waals surface area contributed by atoms with Crippen LogP contribution in [-0.2, 0) is 21.5 Å².